The van der Waals surface area contributed by atoms with Crippen molar-refractivity contribution in [2.75, 3.05) is 6.54 Å². The monoisotopic (exact) mass is 301 g/mol. The van der Waals surface area contributed by atoms with Crippen LogP contribution >= 0.6 is 11.3 Å². The molecule has 1 aliphatic rings. The smallest absolute Gasteiger partial charge is 0.0443 e. The summed E-state index contributed by atoms with van der Waals surface area (Å²) >= 11 is 1.98. The van der Waals surface area contributed by atoms with Gasteiger partial charge in [-0.2, -0.15) is 0 Å². The average molecular weight is 301 g/mol. The van der Waals surface area contributed by atoms with E-state index in [0.717, 1.165) is 18.4 Å². The molecule has 1 nitrogen and oxygen atoms in total. The average Bonchev–Trinajstić information content (AvgIpc) is 2.96. The summed E-state index contributed by atoms with van der Waals surface area (Å²) in [6.07, 6.45) is 7.00. The number of thiophene rings is 1. The third-order valence-corrected chi connectivity index (χ3v) is 6.31. The quantitative estimate of drug-likeness (QED) is 0.739. The van der Waals surface area contributed by atoms with Gasteiger partial charge < -0.3 is 5.32 Å². The van der Waals surface area contributed by atoms with Gasteiger partial charge in [-0.25, -0.2) is 0 Å². The van der Waals surface area contributed by atoms with Gasteiger partial charge in [0.15, 0.2) is 0 Å². The van der Waals surface area contributed by atoms with Gasteiger partial charge >= 0.3 is 0 Å². The summed E-state index contributed by atoms with van der Waals surface area (Å²) in [7, 11) is 0. The van der Waals surface area contributed by atoms with Gasteiger partial charge in [0.25, 0.3) is 0 Å². The summed E-state index contributed by atoms with van der Waals surface area (Å²) in [5, 5.41) is 5.18. The Balaban J connectivity index is 1.80. The number of rotatable bonds is 5. The van der Waals surface area contributed by atoms with Gasteiger partial charge in [0.05, 0.1) is 0 Å². The molecule has 0 bridgehead atoms. The molecule has 21 heavy (non-hydrogen) atoms. The van der Waals surface area contributed by atoms with E-state index < -0.39 is 0 Å². The fourth-order valence-electron chi connectivity index (χ4n) is 3.80. The van der Waals surface area contributed by atoms with E-state index in [4.69, 9.17) is 0 Å². The van der Waals surface area contributed by atoms with Crippen molar-refractivity contribution < 1.29 is 0 Å². The highest BCUT2D eigenvalue weighted by molar-refractivity contribution is 7.19. The van der Waals surface area contributed by atoms with E-state index in [2.05, 4.69) is 49.5 Å². The van der Waals surface area contributed by atoms with Crippen molar-refractivity contribution in [3.05, 3.63) is 35.2 Å². The lowest BCUT2D eigenvalue weighted by atomic mass is 9.77. The Hall–Kier alpha value is -0.860. The molecule has 0 saturated heterocycles. The normalized spacial score (nSPS) is 24.3. The third-order valence-electron chi connectivity index (χ3n) is 5.12. The van der Waals surface area contributed by atoms with Gasteiger partial charge in [0, 0.05) is 15.6 Å². The summed E-state index contributed by atoms with van der Waals surface area (Å²) in [6, 6.07) is 11.8. The lowest BCUT2D eigenvalue weighted by Gasteiger charge is -2.33. The fourth-order valence-corrected chi connectivity index (χ4v) is 5.04. The second kappa shape index (κ2) is 6.93. The van der Waals surface area contributed by atoms with E-state index in [1.54, 1.807) is 0 Å². The summed E-state index contributed by atoms with van der Waals surface area (Å²) in [5.74, 6) is 1.80. The van der Waals surface area contributed by atoms with E-state index in [0.29, 0.717) is 6.04 Å². The molecule has 1 aliphatic carbocycles. The zero-order valence-electron chi connectivity index (χ0n) is 13.3. The van der Waals surface area contributed by atoms with Crippen LogP contribution in [-0.4, -0.2) is 6.54 Å². The number of hydrogen-bond acceptors (Lipinski definition) is 2. The molecule has 1 aromatic heterocycles. The van der Waals surface area contributed by atoms with Crippen LogP contribution in [0.15, 0.2) is 30.3 Å². The topological polar surface area (TPSA) is 12.0 Å². The van der Waals surface area contributed by atoms with E-state index in [-0.39, 0.29) is 0 Å². The zero-order chi connectivity index (χ0) is 14.7. The molecule has 1 N–H and O–H groups in total. The first-order valence-corrected chi connectivity index (χ1v) is 9.35. The second-order valence-electron chi connectivity index (χ2n) is 6.41. The van der Waals surface area contributed by atoms with Crippen LogP contribution in [0.5, 0.6) is 0 Å². The van der Waals surface area contributed by atoms with Gasteiger partial charge in [0.1, 0.15) is 0 Å². The van der Waals surface area contributed by atoms with E-state index in [1.165, 1.54) is 47.1 Å². The highest BCUT2D eigenvalue weighted by atomic mass is 32.1. The van der Waals surface area contributed by atoms with Crippen LogP contribution in [0.4, 0.5) is 0 Å². The zero-order valence-corrected chi connectivity index (χ0v) is 14.1. The maximum absolute atomic E-state index is 3.77. The summed E-state index contributed by atoms with van der Waals surface area (Å²) in [6.45, 7) is 5.64. The van der Waals surface area contributed by atoms with Crippen LogP contribution in [0.2, 0.25) is 0 Å². The number of benzene rings is 1. The molecule has 1 saturated carbocycles. The predicted octanol–water partition coefficient (Wildman–Crippen LogP) is 5.77. The minimum atomic E-state index is 0.560. The number of fused-ring (bicyclic) bond motifs is 1. The minimum Gasteiger partial charge on any atom is -0.309 e. The molecule has 2 aromatic rings. The summed E-state index contributed by atoms with van der Waals surface area (Å²) in [5.41, 5.74) is 0. The van der Waals surface area contributed by atoms with E-state index in [9.17, 15) is 0 Å². The molecule has 3 rings (SSSR count). The molecule has 0 aliphatic heterocycles. The first kappa shape index (κ1) is 15.1. The highest BCUT2D eigenvalue weighted by Gasteiger charge is 2.28. The summed E-state index contributed by atoms with van der Waals surface area (Å²) < 4.78 is 1.43. The van der Waals surface area contributed by atoms with Crippen LogP contribution < -0.4 is 5.32 Å². The van der Waals surface area contributed by atoms with Crippen LogP contribution in [-0.2, 0) is 0 Å². The largest absolute Gasteiger partial charge is 0.309 e. The first-order chi connectivity index (χ1) is 10.3. The van der Waals surface area contributed by atoms with Crippen LogP contribution in [0, 0.1) is 11.8 Å². The second-order valence-corrected chi connectivity index (χ2v) is 7.53. The number of nitrogens with one attached hydrogen (secondary N) is 1. The van der Waals surface area contributed by atoms with E-state index >= 15 is 0 Å². The number of hydrogen-bond donors (Lipinski definition) is 1. The Kier molecular flexibility index (Phi) is 4.97. The SMILES string of the molecule is CCNC(c1cc2ccccc2s1)C1CCC(CC)CC1. The molecular formula is C19H27NS. The fraction of sp³-hybridized carbons (Fsp3) is 0.579. The summed E-state index contributed by atoms with van der Waals surface area (Å²) in [4.78, 5) is 1.54. The van der Waals surface area contributed by atoms with Gasteiger partial charge in [-0.1, -0.05) is 51.3 Å². The van der Waals surface area contributed by atoms with Crippen molar-refractivity contribution in [2.45, 2.75) is 52.0 Å². The maximum Gasteiger partial charge on any atom is 0.0443 e. The molecule has 1 fully saturated rings. The van der Waals surface area contributed by atoms with Crippen molar-refractivity contribution in [3.8, 4) is 0 Å². The Bertz CT molecular complexity index is 533. The maximum atomic E-state index is 3.77. The van der Waals surface area contributed by atoms with Crippen molar-refractivity contribution in [2.24, 2.45) is 11.8 Å². The van der Waals surface area contributed by atoms with Crippen molar-refractivity contribution in [1.82, 2.24) is 5.32 Å². The van der Waals surface area contributed by atoms with Crippen molar-refractivity contribution in [3.63, 3.8) is 0 Å². The lowest BCUT2D eigenvalue weighted by Crippen LogP contribution is -2.30. The minimum absolute atomic E-state index is 0.560. The predicted molar refractivity (Wildman–Crippen MR) is 94.0 cm³/mol. The van der Waals surface area contributed by atoms with Crippen LogP contribution in [0.3, 0.4) is 0 Å². The molecule has 0 radical (unpaired) electrons. The molecule has 1 atom stereocenters. The molecule has 1 unspecified atom stereocenters. The van der Waals surface area contributed by atoms with Crippen molar-refractivity contribution in [1.29, 1.82) is 0 Å². The van der Waals surface area contributed by atoms with Gasteiger partial charge in [-0.3, -0.25) is 0 Å². The Morgan fingerprint density at radius 3 is 2.57 bits per heavy atom. The molecule has 0 amide bonds. The molecule has 114 valence electrons. The Labute approximate surface area is 132 Å². The molecule has 2 heteroatoms. The van der Waals surface area contributed by atoms with Gasteiger partial charge in [-0.05, 0) is 48.7 Å². The molecular weight excluding hydrogens is 274 g/mol. The lowest BCUT2D eigenvalue weighted by molar-refractivity contribution is 0.222. The Morgan fingerprint density at radius 1 is 1.14 bits per heavy atom. The third kappa shape index (κ3) is 3.32. The molecule has 0 spiro atoms. The highest BCUT2D eigenvalue weighted by Crippen LogP contribution is 2.41. The molecule has 1 heterocycles. The van der Waals surface area contributed by atoms with Crippen LogP contribution in [0.25, 0.3) is 10.1 Å². The van der Waals surface area contributed by atoms with Crippen molar-refractivity contribution >= 4 is 21.4 Å². The standard InChI is InChI=1S/C19H27NS/c1-3-14-9-11-15(12-10-14)19(20-4-2)18-13-16-7-5-6-8-17(16)21-18/h5-8,13-15,19-20H,3-4,9-12H2,1-2H3. The van der Waals surface area contributed by atoms with Gasteiger partial charge in [0.2, 0.25) is 0 Å². The van der Waals surface area contributed by atoms with E-state index in [1.807, 2.05) is 11.3 Å². The van der Waals surface area contributed by atoms with Gasteiger partial charge in [-0.15, -0.1) is 11.3 Å². The Morgan fingerprint density at radius 2 is 1.90 bits per heavy atom. The first-order valence-electron chi connectivity index (χ1n) is 8.53. The molecule has 1 aromatic carbocycles. The van der Waals surface area contributed by atoms with Crippen LogP contribution in [0.1, 0.15) is 56.9 Å².